The zero-order chi connectivity index (χ0) is 12.2. The van der Waals surface area contributed by atoms with Gasteiger partial charge in [0, 0.05) is 26.2 Å². The van der Waals surface area contributed by atoms with E-state index in [1.807, 2.05) is 11.3 Å². The van der Waals surface area contributed by atoms with Crippen LogP contribution in [-0.2, 0) is 6.54 Å². The number of piperazine rings is 1. The number of hydrogen-bond acceptors (Lipinski definition) is 3. The molecule has 2 fully saturated rings. The van der Waals surface area contributed by atoms with E-state index in [0.717, 1.165) is 25.6 Å². The molecule has 100 valence electrons. The molecule has 0 bridgehead atoms. The van der Waals surface area contributed by atoms with Gasteiger partial charge in [0.05, 0.1) is 17.8 Å². The van der Waals surface area contributed by atoms with Gasteiger partial charge in [-0.05, 0) is 12.8 Å². The van der Waals surface area contributed by atoms with Gasteiger partial charge in [-0.1, -0.05) is 30.6 Å². The Bertz CT molecular complexity index is 365. The first-order valence-electron chi connectivity index (χ1n) is 7.34. The molecule has 0 amide bonds. The van der Waals surface area contributed by atoms with Crippen LogP contribution in [-0.4, -0.2) is 31.1 Å². The van der Waals surface area contributed by atoms with Gasteiger partial charge in [0.15, 0.2) is 0 Å². The molecular weight excluding hydrogens is 242 g/mol. The average Bonchev–Trinajstić information content (AvgIpc) is 2.89. The van der Waals surface area contributed by atoms with Crippen molar-refractivity contribution in [2.45, 2.75) is 44.6 Å². The molecule has 3 rings (SSSR count). The van der Waals surface area contributed by atoms with Crippen molar-refractivity contribution in [1.29, 1.82) is 0 Å². The Balaban J connectivity index is 1.58. The normalized spacial score (nSPS) is 23.3. The fraction of sp³-hybridized carbons (Fsp3) is 0.786. The third kappa shape index (κ3) is 3.11. The summed E-state index contributed by atoms with van der Waals surface area (Å²) in [5.74, 6) is 0.820. The van der Waals surface area contributed by atoms with Crippen LogP contribution in [0.15, 0.2) is 5.38 Å². The summed E-state index contributed by atoms with van der Waals surface area (Å²) in [6.45, 7) is 5.75. The smallest absolute Gasteiger partial charge is 0.238 e. The molecule has 0 spiro atoms. The number of nitrogens with zero attached hydrogens (tertiary/aromatic N) is 1. The van der Waals surface area contributed by atoms with Gasteiger partial charge in [0.1, 0.15) is 0 Å². The van der Waals surface area contributed by atoms with Crippen LogP contribution in [0.5, 0.6) is 0 Å². The van der Waals surface area contributed by atoms with E-state index in [-0.39, 0.29) is 0 Å². The first kappa shape index (κ1) is 12.6. The second kappa shape index (κ2) is 6.13. The molecule has 2 aliphatic rings. The molecular formula is C14H24N3S+. The topological polar surface area (TPSA) is 29.4 Å². The fourth-order valence-electron chi connectivity index (χ4n) is 3.10. The molecule has 0 atom stereocenters. The third-order valence-corrected chi connectivity index (χ3v) is 5.28. The minimum Gasteiger partial charge on any atom is -0.314 e. The predicted molar refractivity (Wildman–Crippen MR) is 74.8 cm³/mol. The molecule has 0 aromatic carbocycles. The standard InChI is InChI=1S/C14H23N3S/c1-2-4-12(5-3-1)14-16-13(11-18-14)10-17-8-6-15-7-9-17/h11-12,15H,1-10H2/p+1. The highest BCUT2D eigenvalue weighted by atomic mass is 32.1. The summed E-state index contributed by atoms with van der Waals surface area (Å²) in [6.07, 6.45) is 7.07. The average molecular weight is 266 g/mol. The van der Waals surface area contributed by atoms with E-state index in [2.05, 4.69) is 20.6 Å². The Labute approximate surface area is 114 Å². The van der Waals surface area contributed by atoms with Crippen molar-refractivity contribution >= 4 is 11.3 Å². The van der Waals surface area contributed by atoms with Crippen LogP contribution < -0.4 is 10.3 Å². The van der Waals surface area contributed by atoms with Crippen molar-refractivity contribution in [2.75, 3.05) is 26.2 Å². The van der Waals surface area contributed by atoms with Crippen molar-refractivity contribution in [3.63, 3.8) is 0 Å². The number of thiazole rings is 1. The zero-order valence-electron chi connectivity index (χ0n) is 11.1. The molecule has 18 heavy (non-hydrogen) atoms. The maximum absolute atomic E-state index is 3.69. The van der Waals surface area contributed by atoms with Crippen LogP contribution in [0.3, 0.4) is 0 Å². The van der Waals surface area contributed by atoms with Crippen LogP contribution in [0.4, 0.5) is 0 Å². The van der Waals surface area contributed by atoms with Gasteiger partial charge in [-0.2, -0.15) is 0 Å². The Morgan fingerprint density at radius 3 is 2.78 bits per heavy atom. The largest absolute Gasteiger partial charge is 0.314 e. The van der Waals surface area contributed by atoms with Crippen molar-refractivity contribution in [1.82, 2.24) is 10.2 Å². The maximum Gasteiger partial charge on any atom is 0.238 e. The van der Waals surface area contributed by atoms with Gasteiger partial charge < -0.3 is 5.32 Å². The van der Waals surface area contributed by atoms with E-state index in [0.29, 0.717) is 0 Å². The van der Waals surface area contributed by atoms with Crippen LogP contribution >= 0.6 is 11.3 Å². The van der Waals surface area contributed by atoms with Gasteiger partial charge >= 0.3 is 0 Å². The minimum absolute atomic E-state index is 0.820. The van der Waals surface area contributed by atoms with Crippen molar-refractivity contribution in [3.05, 3.63) is 16.1 Å². The van der Waals surface area contributed by atoms with Gasteiger partial charge in [0.25, 0.3) is 0 Å². The Morgan fingerprint density at radius 2 is 2.00 bits per heavy atom. The lowest BCUT2D eigenvalue weighted by Gasteiger charge is -2.25. The number of nitrogens with one attached hydrogen (secondary N) is 2. The molecule has 1 aliphatic heterocycles. The SMILES string of the molecule is c1sc(C2CCCCC2)[nH+]c1CN1CCNCC1. The lowest BCUT2D eigenvalue weighted by atomic mass is 9.90. The number of aromatic amines is 1. The summed E-state index contributed by atoms with van der Waals surface area (Å²) in [5.41, 5.74) is 1.42. The van der Waals surface area contributed by atoms with E-state index >= 15 is 0 Å². The Morgan fingerprint density at radius 1 is 1.22 bits per heavy atom. The quantitative estimate of drug-likeness (QED) is 0.907. The van der Waals surface area contributed by atoms with Crippen LogP contribution in [0, 0.1) is 0 Å². The molecule has 0 unspecified atom stereocenters. The molecule has 1 aromatic heterocycles. The molecule has 4 heteroatoms. The van der Waals surface area contributed by atoms with Crippen molar-refractivity contribution in [2.24, 2.45) is 0 Å². The summed E-state index contributed by atoms with van der Waals surface area (Å²) >= 11 is 1.95. The molecule has 3 nitrogen and oxygen atoms in total. The molecule has 1 aliphatic carbocycles. The summed E-state index contributed by atoms with van der Waals surface area (Å²) in [7, 11) is 0. The maximum atomic E-state index is 3.69. The van der Waals surface area contributed by atoms with Gasteiger partial charge in [-0.3, -0.25) is 4.90 Å². The Kier molecular flexibility index (Phi) is 4.28. The van der Waals surface area contributed by atoms with Crippen LogP contribution in [0.2, 0.25) is 0 Å². The third-order valence-electron chi connectivity index (χ3n) is 4.19. The lowest BCUT2D eigenvalue weighted by molar-refractivity contribution is -0.399. The summed E-state index contributed by atoms with van der Waals surface area (Å²) in [5, 5.41) is 7.28. The minimum atomic E-state index is 0.820. The van der Waals surface area contributed by atoms with Crippen LogP contribution in [0.1, 0.15) is 48.7 Å². The predicted octanol–water partition coefficient (Wildman–Crippen LogP) is 2.02. The van der Waals surface area contributed by atoms with E-state index in [1.54, 1.807) is 0 Å². The van der Waals surface area contributed by atoms with E-state index in [1.165, 1.54) is 55.9 Å². The molecule has 0 radical (unpaired) electrons. The first-order chi connectivity index (χ1) is 8.92. The zero-order valence-corrected chi connectivity index (χ0v) is 11.9. The molecule has 1 aromatic rings. The second-order valence-electron chi connectivity index (χ2n) is 5.61. The van der Waals surface area contributed by atoms with Crippen molar-refractivity contribution < 1.29 is 4.98 Å². The van der Waals surface area contributed by atoms with Gasteiger partial charge in [-0.15, -0.1) is 0 Å². The molecule has 2 heterocycles. The fourth-order valence-corrected chi connectivity index (χ4v) is 4.12. The summed E-state index contributed by atoms with van der Waals surface area (Å²) in [6, 6.07) is 0. The molecule has 1 saturated heterocycles. The highest BCUT2D eigenvalue weighted by Crippen LogP contribution is 2.32. The highest BCUT2D eigenvalue weighted by molar-refractivity contribution is 7.09. The number of hydrogen-bond donors (Lipinski definition) is 1. The lowest BCUT2D eigenvalue weighted by Crippen LogP contribution is -2.43. The number of rotatable bonds is 3. The highest BCUT2D eigenvalue weighted by Gasteiger charge is 2.24. The number of aromatic nitrogens is 1. The summed E-state index contributed by atoms with van der Waals surface area (Å²) in [4.78, 5) is 6.23. The summed E-state index contributed by atoms with van der Waals surface area (Å²) < 4.78 is 0. The van der Waals surface area contributed by atoms with Crippen LogP contribution in [0.25, 0.3) is 0 Å². The van der Waals surface area contributed by atoms with Gasteiger partial charge in [0.2, 0.25) is 10.7 Å². The molecule has 2 N–H and O–H groups in total. The monoisotopic (exact) mass is 266 g/mol. The first-order valence-corrected chi connectivity index (χ1v) is 8.22. The Hall–Kier alpha value is -0.450. The van der Waals surface area contributed by atoms with E-state index in [9.17, 15) is 0 Å². The van der Waals surface area contributed by atoms with E-state index < -0.39 is 0 Å². The van der Waals surface area contributed by atoms with Gasteiger partial charge in [-0.25, -0.2) is 4.98 Å². The molecule has 1 saturated carbocycles. The van der Waals surface area contributed by atoms with Crippen molar-refractivity contribution in [3.8, 4) is 0 Å². The second-order valence-corrected chi connectivity index (χ2v) is 6.52. The number of H-pyrrole nitrogens is 1. The van der Waals surface area contributed by atoms with E-state index in [4.69, 9.17) is 0 Å².